The SMILES string of the molecule is N#Cc1cccc2c1nc(CCl)n2CCCCC(F)(F)F. The molecule has 7 heteroatoms. The number of hydrogen-bond donors (Lipinski definition) is 0. The summed E-state index contributed by atoms with van der Waals surface area (Å²) in [6.07, 6.45) is -4.48. The topological polar surface area (TPSA) is 41.6 Å². The Morgan fingerprint density at radius 2 is 2.05 bits per heavy atom. The number of benzene rings is 1. The molecule has 0 saturated heterocycles. The van der Waals surface area contributed by atoms with Crippen molar-refractivity contribution in [2.75, 3.05) is 0 Å². The second kappa shape index (κ2) is 6.35. The summed E-state index contributed by atoms with van der Waals surface area (Å²) in [7, 11) is 0. The van der Waals surface area contributed by atoms with Crippen molar-refractivity contribution in [2.24, 2.45) is 0 Å². The van der Waals surface area contributed by atoms with E-state index >= 15 is 0 Å². The van der Waals surface area contributed by atoms with E-state index in [0.717, 1.165) is 5.52 Å². The van der Waals surface area contributed by atoms with Gasteiger partial charge in [-0.3, -0.25) is 0 Å². The van der Waals surface area contributed by atoms with Gasteiger partial charge in [-0.2, -0.15) is 18.4 Å². The van der Waals surface area contributed by atoms with Crippen LogP contribution in [-0.2, 0) is 12.4 Å². The Balaban J connectivity index is 2.21. The van der Waals surface area contributed by atoms with Gasteiger partial charge in [0.1, 0.15) is 17.4 Å². The second-order valence-corrected chi connectivity index (χ2v) is 4.94. The van der Waals surface area contributed by atoms with Gasteiger partial charge in [0.15, 0.2) is 0 Å². The van der Waals surface area contributed by atoms with E-state index in [4.69, 9.17) is 16.9 Å². The molecule has 0 atom stereocenters. The highest BCUT2D eigenvalue weighted by molar-refractivity contribution is 6.16. The summed E-state index contributed by atoms with van der Waals surface area (Å²) in [5.74, 6) is 0.722. The number of rotatable bonds is 5. The lowest BCUT2D eigenvalue weighted by atomic mass is 10.2. The molecule has 0 amide bonds. The van der Waals surface area contributed by atoms with E-state index in [1.807, 2.05) is 0 Å². The Kier molecular flexibility index (Phi) is 4.73. The first-order chi connectivity index (χ1) is 9.96. The lowest BCUT2D eigenvalue weighted by Gasteiger charge is -2.09. The number of aryl methyl sites for hydroxylation is 1. The van der Waals surface area contributed by atoms with Gasteiger partial charge in [0.05, 0.1) is 17.0 Å². The third kappa shape index (κ3) is 3.67. The van der Waals surface area contributed by atoms with Crippen molar-refractivity contribution >= 4 is 22.6 Å². The van der Waals surface area contributed by atoms with E-state index in [2.05, 4.69) is 11.1 Å². The number of aromatic nitrogens is 2. The van der Waals surface area contributed by atoms with Crippen LogP contribution in [0.5, 0.6) is 0 Å². The number of nitrogens with zero attached hydrogens (tertiary/aromatic N) is 3. The predicted molar refractivity (Wildman–Crippen MR) is 73.9 cm³/mol. The third-order valence-corrected chi connectivity index (χ3v) is 3.43. The normalized spacial score (nSPS) is 11.8. The fourth-order valence-corrected chi connectivity index (χ4v) is 2.44. The molecule has 2 rings (SSSR count). The molecule has 0 saturated carbocycles. The van der Waals surface area contributed by atoms with E-state index in [-0.39, 0.29) is 12.3 Å². The van der Waals surface area contributed by atoms with Crippen molar-refractivity contribution in [1.29, 1.82) is 5.26 Å². The van der Waals surface area contributed by atoms with Gasteiger partial charge in [-0.1, -0.05) is 6.07 Å². The highest BCUT2D eigenvalue weighted by Gasteiger charge is 2.26. The molecule has 112 valence electrons. The van der Waals surface area contributed by atoms with E-state index < -0.39 is 12.6 Å². The smallest absolute Gasteiger partial charge is 0.327 e. The fourth-order valence-electron chi connectivity index (χ4n) is 2.23. The first kappa shape index (κ1) is 15.6. The van der Waals surface area contributed by atoms with Crippen molar-refractivity contribution < 1.29 is 13.2 Å². The van der Waals surface area contributed by atoms with Crippen LogP contribution in [0.1, 0.15) is 30.7 Å². The second-order valence-electron chi connectivity index (χ2n) is 4.67. The van der Waals surface area contributed by atoms with Gasteiger partial charge in [-0.25, -0.2) is 4.98 Å². The Labute approximate surface area is 124 Å². The van der Waals surface area contributed by atoms with Crippen LogP contribution >= 0.6 is 11.6 Å². The lowest BCUT2D eigenvalue weighted by Crippen LogP contribution is -2.08. The van der Waals surface area contributed by atoms with Crippen LogP contribution < -0.4 is 0 Å². The molecule has 21 heavy (non-hydrogen) atoms. The number of halogens is 4. The van der Waals surface area contributed by atoms with E-state index in [0.29, 0.717) is 29.9 Å². The van der Waals surface area contributed by atoms with Crippen molar-refractivity contribution in [1.82, 2.24) is 9.55 Å². The standard InChI is InChI=1S/C14H13ClF3N3/c15-8-12-20-13-10(9-19)4-3-5-11(13)21(12)7-2-1-6-14(16,17)18/h3-5H,1-2,6-8H2. The first-order valence-corrected chi connectivity index (χ1v) is 7.00. The molecule has 0 N–H and O–H groups in total. The molecule has 2 aromatic rings. The molecule has 0 spiro atoms. The van der Waals surface area contributed by atoms with E-state index in [1.165, 1.54) is 0 Å². The monoisotopic (exact) mass is 315 g/mol. The number of alkyl halides is 4. The molecule has 0 fully saturated rings. The minimum Gasteiger partial charge on any atom is -0.327 e. The zero-order valence-corrected chi connectivity index (χ0v) is 11.9. The zero-order chi connectivity index (χ0) is 15.5. The highest BCUT2D eigenvalue weighted by Crippen LogP contribution is 2.24. The quantitative estimate of drug-likeness (QED) is 0.607. The summed E-state index contributed by atoms with van der Waals surface area (Å²) >= 11 is 5.84. The van der Waals surface area contributed by atoms with E-state index in [1.54, 1.807) is 22.8 Å². The van der Waals surface area contributed by atoms with Crippen LogP contribution in [0.4, 0.5) is 13.2 Å². The van der Waals surface area contributed by atoms with Crippen LogP contribution in [0.25, 0.3) is 11.0 Å². The van der Waals surface area contributed by atoms with Gasteiger partial charge in [0.25, 0.3) is 0 Å². The average molecular weight is 316 g/mol. The molecule has 0 radical (unpaired) electrons. The lowest BCUT2D eigenvalue weighted by molar-refractivity contribution is -0.135. The molecule has 0 aliphatic carbocycles. The van der Waals surface area contributed by atoms with Gasteiger partial charge in [0, 0.05) is 13.0 Å². The maximum atomic E-state index is 12.1. The number of nitriles is 1. The number of para-hydroxylation sites is 1. The van der Waals surface area contributed by atoms with Gasteiger partial charge < -0.3 is 4.57 Å². The molecular weight excluding hydrogens is 303 g/mol. The molecule has 0 bridgehead atoms. The van der Waals surface area contributed by atoms with E-state index in [9.17, 15) is 13.2 Å². The van der Waals surface area contributed by atoms with Crippen molar-refractivity contribution in [3.05, 3.63) is 29.6 Å². The van der Waals surface area contributed by atoms with Crippen LogP contribution in [0.3, 0.4) is 0 Å². The van der Waals surface area contributed by atoms with Crippen LogP contribution in [0.15, 0.2) is 18.2 Å². The molecule has 0 unspecified atom stereocenters. The Hall–Kier alpha value is -1.74. The summed E-state index contributed by atoms with van der Waals surface area (Å²) in [6, 6.07) is 7.23. The zero-order valence-electron chi connectivity index (χ0n) is 11.1. The number of hydrogen-bond acceptors (Lipinski definition) is 2. The van der Waals surface area contributed by atoms with Gasteiger partial charge in [-0.15, -0.1) is 11.6 Å². The summed E-state index contributed by atoms with van der Waals surface area (Å²) in [5, 5.41) is 9.05. The maximum Gasteiger partial charge on any atom is 0.389 e. The van der Waals surface area contributed by atoms with Gasteiger partial charge in [-0.05, 0) is 25.0 Å². The van der Waals surface area contributed by atoms with Gasteiger partial charge >= 0.3 is 6.18 Å². The summed E-state index contributed by atoms with van der Waals surface area (Å²) in [5.41, 5.74) is 1.72. The molecule has 3 nitrogen and oxygen atoms in total. The van der Waals surface area contributed by atoms with Crippen molar-refractivity contribution in [3.63, 3.8) is 0 Å². The molecule has 1 aromatic carbocycles. The van der Waals surface area contributed by atoms with Crippen LogP contribution in [0.2, 0.25) is 0 Å². The van der Waals surface area contributed by atoms with Crippen molar-refractivity contribution in [2.45, 2.75) is 37.9 Å². The molecular formula is C14H13ClF3N3. The first-order valence-electron chi connectivity index (χ1n) is 6.47. The average Bonchev–Trinajstić information content (AvgIpc) is 2.80. The van der Waals surface area contributed by atoms with Crippen molar-refractivity contribution in [3.8, 4) is 6.07 Å². The largest absolute Gasteiger partial charge is 0.389 e. The number of imidazole rings is 1. The Morgan fingerprint density at radius 1 is 1.29 bits per heavy atom. The fraction of sp³-hybridized carbons (Fsp3) is 0.429. The third-order valence-electron chi connectivity index (χ3n) is 3.19. The number of fused-ring (bicyclic) bond motifs is 1. The summed E-state index contributed by atoms with van der Waals surface area (Å²) in [4.78, 5) is 4.32. The molecule has 0 aliphatic heterocycles. The van der Waals surface area contributed by atoms with Gasteiger partial charge in [0.2, 0.25) is 0 Å². The van der Waals surface area contributed by atoms with Crippen LogP contribution in [0, 0.1) is 11.3 Å². The summed E-state index contributed by atoms with van der Waals surface area (Å²) < 4.78 is 38.2. The van der Waals surface area contributed by atoms with Crippen LogP contribution in [-0.4, -0.2) is 15.7 Å². The predicted octanol–water partition coefficient (Wildman–Crippen LogP) is 4.38. The Bertz CT molecular complexity index is 670. The summed E-state index contributed by atoms with van der Waals surface area (Å²) in [6.45, 7) is 0.406. The minimum atomic E-state index is -4.12. The number of unbranched alkanes of at least 4 members (excludes halogenated alkanes) is 1. The minimum absolute atomic E-state index is 0.0584. The molecule has 0 aliphatic rings. The Morgan fingerprint density at radius 3 is 2.67 bits per heavy atom. The molecule has 1 heterocycles. The molecule has 1 aromatic heterocycles. The maximum absolute atomic E-state index is 12.1. The highest BCUT2D eigenvalue weighted by atomic mass is 35.5.